The van der Waals surface area contributed by atoms with E-state index in [1.165, 1.54) is 16.7 Å². The molecule has 2 saturated heterocycles. The van der Waals surface area contributed by atoms with Crippen LogP contribution in [0.2, 0.25) is 0 Å². The van der Waals surface area contributed by atoms with E-state index in [9.17, 15) is 9.59 Å². The van der Waals surface area contributed by atoms with Gasteiger partial charge in [0.1, 0.15) is 6.04 Å². The van der Waals surface area contributed by atoms with E-state index < -0.39 is 12.0 Å². The minimum atomic E-state index is -0.945. The summed E-state index contributed by atoms with van der Waals surface area (Å²) in [5.74, 6) is -0.0575. The molecule has 2 aliphatic heterocycles. The first-order valence-corrected chi connectivity index (χ1v) is 7.24. The monoisotopic (exact) mass is 274 g/mol. The van der Waals surface area contributed by atoms with E-state index in [1.54, 1.807) is 0 Å². The van der Waals surface area contributed by atoms with Gasteiger partial charge in [-0.2, -0.15) is 0 Å². The van der Waals surface area contributed by atoms with Crippen LogP contribution in [0.15, 0.2) is 0 Å². The Labute approximate surface area is 110 Å². The van der Waals surface area contributed by atoms with E-state index >= 15 is 0 Å². The molecule has 0 spiro atoms. The Hall–Kier alpha value is -0.950. The summed E-state index contributed by atoms with van der Waals surface area (Å²) in [6.07, 6.45) is 2.01. The van der Waals surface area contributed by atoms with Crippen LogP contribution in [0.1, 0.15) is 19.8 Å². The van der Waals surface area contributed by atoms with Crippen LogP contribution in [0, 0.1) is 0 Å². The van der Waals surface area contributed by atoms with Crippen molar-refractivity contribution in [3.8, 4) is 0 Å². The first-order valence-electron chi connectivity index (χ1n) is 6.09. The van der Waals surface area contributed by atoms with Gasteiger partial charge >= 0.3 is 12.0 Å². The maximum atomic E-state index is 12.0. The van der Waals surface area contributed by atoms with Gasteiger partial charge in [-0.3, -0.25) is 0 Å². The molecule has 2 fully saturated rings. The average molecular weight is 274 g/mol. The zero-order valence-electron chi connectivity index (χ0n) is 10.3. The molecule has 2 N–H and O–H groups in total. The number of urea groups is 1. The smallest absolute Gasteiger partial charge is 0.327 e. The molecule has 0 aromatic carbocycles. The van der Waals surface area contributed by atoms with Gasteiger partial charge in [-0.25, -0.2) is 9.59 Å². The Morgan fingerprint density at radius 1 is 1.56 bits per heavy atom. The minimum Gasteiger partial charge on any atom is -0.480 e. The van der Waals surface area contributed by atoms with Crippen LogP contribution in [0.25, 0.3) is 0 Å². The Balaban J connectivity index is 1.88. The molecule has 102 valence electrons. The molecule has 0 aromatic heterocycles. The SMILES string of the molecule is CC(NC(=O)N1CSCC1C(=O)O)C1CCCO1. The molecule has 7 heteroatoms. The number of carbonyl (C=O) groups excluding carboxylic acids is 1. The van der Waals surface area contributed by atoms with Gasteiger partial charge in [0, 0.05) is 12.4 Å². The van der Waals surface area contributed by atoms with Crippen LogP contribution in [-0.4, -0.2) is 58.4 Å². The number of amides is 2. The molecule has 0 radical (unpaired) electrons. The van der Waals surface area contributed by atoms with Crippen molar-refractivity contribution in [3.05, 3.63) is 0 Å². The fourth-order valence-electron chi connectivity index (χ4n) is 2.21. The van der Waals surface area contributed by atoms with Crippen molar-refractivity contribution in [2.24, 2.45) is 0 Å². The molecule has 6 nitrogen and oxygen atoms in total. The number of thioether (sulfide) groups is 1. The fraction of sp³-hybridized carbons (Fsp3) is 0.818. The molecule has 2 aliphatic rings. The topological polar surface area (TPSA) is 78.9 Å². The summed E-state index contributed by atoms with van der Waals surface area (Å²) in [4.78, 5) is 24.4. The highest BCUT2D eigenvalue weighted by Crippen LogP contribution is 2.22. The third-order valence-corrected chi connectivity index (χ3v) is 4.31. The predicted molar refractivity (Wildman–Crippen MR) is 67.6 cm³/mol. The van der Waals surface area contributed by atoms with E-state index in [0.717, 1.165) is 19.4 Å². The maximum Gasteiger partial charge on any atom is 0.327 e. The molecule has 3 atom stereocenters. The summed E-state index contributed by atoms with van der Waals surface area (Å²) < 4.78 is 5.50. The van der Waals surface area contributed by atoms with Crippen LogP contribution in [0.5, 0.6) is 0 Å². The first-order chi connectivity index (χ1) is 8.59. The standard InChI is InChI=1S/C11H18N2O4S/c1-7(9-3-2-4-17-9)12-11(16)13-6-18-5-8(13)10(14)15/h7-9H,2-6H2,1H3,(H,12,16)(H,14,15). The number of hydrogen-bond acceptors (Lipinski definition) is 4. The van der Waals surface area contributed by atoms with E-state index in [2.05, 4.69) is 5.32 Å². The highest BCUT2D eigenvalue weighted by molar-refractivity contribution is 7.99. The molecule has 0 saturated carbocycles. The van der Waals surface area contributed by atoms with Gasteiger partial charge in [-0.15, -0.1) is 11.8 Å². The summed E-state index contributed by atoms with van der Waals surface area (Å²) in [5.41, 5.74) is 0. The quantitative estimate of drug-likeness (QED) is 0.793. The molecule has 0 bridgehead atoms. The van der Waals surface area contributed by atoms with Crippen molar-refractivity contribution < 1.29 is 19.4 Å². The number of ether oxygens (including phenoxy) is 1. The van der Waals surface area contributed by atoms with Crippen LogP contribution < -0.4 is 5.32 Å². The highest BCUT2D eigenvalue weighted by atomic mass is 32.2. The first kappa shape index (κ1) is 13.5. The number of carboxylic acid groups (broad SMARTS) is 1. The van der Waals surface area contributed by atoms with Crippen molar-refractivity contribution in [2.45, 2.75) is 38.0 Å². The summed E-state index contributed by atoms with van der Waals surface area (Å²) >= 11 is 1.46. The van der Waals surface area contributed by atoms with Crippen molar-refractivity contribution in [1.82, 2.24) is 10.2 Å². The molecule has 0 aromatic rings. The molecule has 2 heterocycles. The third kappa shape index (κ3) is 2.89. The van der Waals surface area contributed by atoms with Crippen LogP contribution >= 0.6 is 11.8 Å². The van der Waals surface area contributed by atoms with Gasteiger partial charge in [0.15, 0.2) is 0 Å². The van der Waals surface area contributed by atoms with Gasteiger partial charge in [0.25, 0.3) is 0 Å². The summed E-state index contributed by atoms with van der Waals surface area (Å²) in [5, 5.41) is 11.9. The molecule has 2 rings (SSSR count). The number of nitrogens with zero attached hydrogens (tertiary/aromatic N) is 1. The van der Waals surface area contributed by atoms with Gasteiger partial charge in [0.2, 0.25) is 0 Å². The molecular formula is C11H18N2O4S. The molecule has 3 unspecified atom stereocenters. The Morgan fingerprint density at radius 2 is 2.33 bits per heavy atom. The Morgan fingerprint density at radius 3 is 2.94 bits per heavy atom. The highest BCUT2D eigenvalue weighted by Gasteiger charge is 2.35. The largest absolute Gasteiger partial charge is 0.480 e. The maximum absolute atomic E-state index is 12.0. The van der Waals surface area contributed by atoms with Crippen LogP contribution in [0.3, 0.4) is 0 Å². The van der Waals surface area contributed by atoms with E-state index in [1.807, 2.05) is 6.92 Å². The number of aliphatic carboxylic acids is 1. The minimum absolute atomic E-state index is 0.0486. The number of carbonyl (C=O) groups is 2. The van der Waals surface area contributed by atoms with Gasteiger partial charge < -0.3 is 20.1 Å². The van der Waals surface area contributed by atoms with Gasteiger partial charge in [-0.05, 0) is 19.8 Å². The van der Waals surface area contributed by atoms with Crippen LogP contribution in [0.4, 0.5) is 4.79 Å². The van der Waals surface area contributed by atoms with Crippen molar-refractivity contribution in [2.75, 3.05) is 18.2 Å². The lowest BCUT2D eigenvalue weighted by Crippen LogP contribution is -2.51. The molecule has 0 aliphatic carbocycles. The zero-order chi connectivity index (χ0) is 13.1. The number of carboxylic acids is 1. The zero-order valence-corrected chi connectivity index (χ0v) is 11.1. The summed E-state index contributed by atoms with van der Waals surface area (Å²) in [7, 11) is 0. The summed E-state index contributed by atoms with van der Waals surface area (Å²) in [6, 6.07) is -1.11. The fourth-order valence-corrected chi connectivity index (χ4v) is 3.36. The number of nitrogens with one attached hydrogen (secondary N) is 1. The van der Waals surface area contributed by atoms with Crippen molar-refractivity contribution >= 4 is 23.8 Å². The van der Waals surface area contributed by atoms with Gasteiger partial charge in [-0.1, -0.05) is 0 Å². The predicted octanol–water partition coefficient (Wildman–Crippen LogP) is 0.723. The van der Waals surface area contributed by atoms with E-state index in [-0.39, 0.29) is 18.2 Å². The molecule has 2 amide bonds. The summed E-state index contributed by atoms with van der Waals surface area (Å²) in [6.45, 7) is 2.63. The second-order valence-corrected chi connectivity index (χ2v) is 5.61. The molecule has 18 heavy (non-hydrogen) atoms. The van der Waals surface area contributed by atoms with Crippen LogP contribution in [-0.2, 0) is 9.53 Å². The Bertz CT molecular complexity index is 333. The Kier molecular flexibility index (Phi) is 4.34. The lowest BCUT2D eigenvalue weighted by molar-refractivity contribution is -0.140. The van der Waals surface area contributed by atoms with Gasteiger partial charge in [0.05, 0.1) is 18.0 Å². The number of rotatable bonds is 3. The normalized spacial score (nSPS) is 29.3. The second kappa shape index (κ2) is 5.79. The van der Waals surface area contributed by atoms with E-state index in [4.69, 9.17) is 9.84 Å². The lowest BCUT2D eigenvalue weighted by Gasteiger charge is -2.26. The number of hydrogen-bond donors (Lipinski definition) is 2. The average Bonchev–Trinajstić information content (AvgIpc) is 3.00. The van der Waals surface area contributed by atoms with Crippen molar-refractivity contribution in [3.63, 3.8) is 0 Å². The van der Waals surface area contributed by atoms with E-state index in [0.29, 0.717) is 11.6 Å². The molecular weight excluding hydrogens is 256 g/mol. The third-order valence-electron chi connectivity index (χ3n) is 3.30. The second-order valence-electron chi connectivity index (χ2n) is 4.61. The van der Waals surface area contributed by atoms with Crippen molar-refractivity contribution in [1.29, 1.82) is 0 Å². The lowest BCUT2D eigenvalue weighted by atomic mass is 10.1.